The van der Waals surface area contributed by atoms with Gasteiger partial charge in [0.15, 0.2) is 0 Å². The number of carbonyl (C=O) groups is 1. The van der Waals surface area contributed by atoms with Crippen LogP contribution in [0.2, 0.25) is 0 Å². The first-order valence-corrected chi connectivity index (χ1v) is 10.1. The second-order valence-corrected chi connectivity index (χ2v) is 7.14. The van der Waals surface area contributed by atoms with Crippen LogP contribution in [0.4, 0.5) is 0 Å². The molecule has 1 amide bonds. The second-order valence-electron chi connectivity index (χ2n) is 5.93. The van der Waals surface area contributed by atoms with E-state index in [-0.39, 0.29) is 17.8 Å². The molecular weight excluding hydrogens is 334 g/mol. The lowest BCUT2D eigenvalue weighted by atomic mass is 10.1. The highest BCUT2D eigenvalue weighted by Crippen LogP contribution is 2.15. The van der Waals surface area contributed by atoms with Crippen LogP contribution in [0.15, 0.2) is 41.8 Å². The van der Waals surface area contributed by atoms with Gasteiger partial charge in [-0.2, -0.15) is 0 Å². The summed E-state index contributed by atoms with van der Waals surface area (Å²) in [6.45, 7) is 3.33. The van der Waals surface area contributed by atoms with Crippen LogP contribution in [0.5, 0.6) is 5.75 Å². The lowest BCUT2D eigenvalue weighted by molar-refractivity contribution is -0.116. The summed E-state index contributed by atoms with van der Waals surface area (Å²) in [6, 6.07) is 9.50. The van der Waals surface area contributed by atoms with Crippen molar-refractivity contribution in [1.82, 2.24) is 5.32 Å². The maximum absolute atomic E-state index is 11.7. The number of para-hydroxylation sites is 1. The van der Waals surface area contributed by atoms with Crippen molar-refractivity contribution in [3.8, 4) is 5.75 Å². The fourth-order valence-electron chi connectivity index (χ4n) is 2.23. The molecule has 0 bridgehead atoms. The van der Waals surface area contributed by atoms with Gasteiger partial charge < -0.3 is 15.2 Å². The Hall–Kier alpha value is -1.46. The molecule has 1 aromatic rings. The van der Waals surface area contributed by atoms with E-state index >= 15 is 0 Å². The average molecular weight is 366 g/mol. The zero-order valence-corrected chi connectivity index (χ0v) is 16.0. The van der Waals surface area contributed by atoms with Gasteiger partial charge in [0, 0.05) is 12.6 Å². The average Bonchev–Trinajstić information content (AvgIpc) is 2.64. The maximum atomic E-state index is 11.7. The Morgan fingerprint density at radius 1 is 1.20 bits per heavy atom. The quantitative estimate of drug-likeness (QED) is 0.384. The number of nitrogens with one attached hydrogen (secondary N) is 1. The van der Waals surface area contributed by atoms with Crippen LogP contribution in [0.25, 0.3) is 0 Å². The fourth-order valence-corrected chi connectivity index (χ4v) is 2.89. The monoisotopic (exact) mass is 365 g/mol. The number of hydrogen-bond acceptors (Lipinski definition) is 4. The molecular formula is C20H31NO3S. The van der Waals surface area contributed by atoms with Crippen molar-refractivity contribution in [2.75, 3.05) is 19.8 Å². The number of thioether (sulfide) groups is 1. The van der Waals surface area contributed by atoms with E-state index in [0.717, 1.165) is 18.7 Å². The number of amides is 1. The summed E-state index contributed by atoms with van der Waals surface area (Å²) in [5.74, 6) is 0.698. The molecule has 1 atom stereocenters. The smallest absolute Gasteiger partial charge is 0.244 e. The van der Waals surface area contributed by atoms with Gasteiger partial charge in [0.1, 0.15) is 12.4 Å². The summed E-state index contributed by atoms with van der Waals surface area (Å²) >= 11 is 1.41. The van der Waals surface area contributed by atoms with E-state index < -0.39 is 0 Å². The highest BCUT2D eigenvalue weighted by Gasteiger charge is 2.07. The molecule has 1 aromatic carbocycles. The van der Waals surface area contributed by atoms with Gasteiger partial charge in [-0.15, -0.1) is 11.8 Å². The van der Waals surface area contributed by atoms with Gasteiger partial charge in [0.25, 0.3) is 0 Å². The van der Waals surface area contributed by atoms with E-state index in [9.17, 15) is 9.90 Å². The molecule has 4 nitrogen and oxygen atoms in total. The molecule has 0 radical (unpaired) electrons. The van der Waals surface area contributed by atoms with Crippen molar-refractivity contribution in [2.24, 2.45) is 0 Å². The minimum absolute atomic E-state index is 0.00121. The molecule has 0 saturated carbocycles. The standard InChI is InChI=1S/C20H31NO3S/c1-2-3-4-5-6-10-14-21-20(23)13-15-25-19(16-22)17-24-18-11-8-7-9-12-18/h7-9,11-13,15,19,22H,2-6,10,14,16-17H2,1H3,(H,21,23)/b15-13-. The molecule has 0 fully saturated rings. The molecule has 1 rings (SSSR count). The van der Waals surface area contributed by atoms with Crippen LogP contribution in [-0.2, 0) is 4.79 Å². The zero-order chi connectivity index (χ0) is 18.2. The third-order valence-electron chi connectivity index (χ3n) is 3.70. The summed E-state index contributed by atoms with van der Waals surface area (Å²) in [5.41, 5.74) is 0. The molecule has 0 aliphatic rings. The van der Waals surface area contributed by atoms with Crippen molar-refractivity contribution in [1.29, 1.82) is 0 Å². The van der Waals surface area contributed by atoms with Crippen molar-refractivity contribution >= 4 is 17.7 Å². The minimum Gasteiger partial charge on any atom is -0.492 e. The molecule has 0 aliphatic heterocycles. The summed E-state index contributed by atoms with van der Waals surface area (Å²) in [7, 11) is 0. The number of carbonyl (C=O) groups excluding carboxylic acids is 1. The number of unbranched alkanes of at least 4 members (excludes halogenated alkanes) is 5. The SMILES string of the molecule is CCCCCCCCNC(=O)/C=C\SC(CO)COc1ccccc1. The van der Waals surface area contributed by atoms with Gasteiger partial charge in [0.2, 0.25) is 5.91 Å². The molecule has 2 N–H and O–H groups in total. The van der Waals surface area contributed by atoms with Crippen LogP contribution in [0, 0.1) is 0 Å². The number of hydrogen-bond donors (Lipinski definition) is 2. The van der Waals surface area contributed by atoms with Gasteiger partial charge in [-0.25, -0.2) is 0 Å². The normalized spacial score (nSPS) is 12.2. The lowest BCUT2D eigenvalue weighted by Crippen LogP contribution is -2.22. The van der Waals surface area contributed by atoms with Gasteiger partial charge >= 0.3 is 0 Å². The van der Waals surface area contributed by atoms with Crippen LogP contribution in [0.3, 0.4) is 0 Å². The Balaban J connectivity index is 2.11. The highest BCUT2D eigenvalue weighted by atomic mass is 32.2. The number of rotatable bonds is 14. The first-order valence-electron chi connectivity index (χ1n) is 9.14. The van der Waals surface area contributed by atoms with E-state index in [1.807, 2.05) is 30.3 Å². The first kappa shape index (κ1) is 21.6. The Morgan fingerprint density at radius 2 is 1.92 bits per heavy atom. The molecule has 5 heteroatoms. The maximum Gasteiger partial charge on any atom is 0.244 e. The van der Waals surface area contributed by atoms with Crippen LogP contribution in [0.1, 0.15) is 45.4 Å². The van der Waals surface area contributed by atoms with Crippen molar-refractivity contribution in [3.05, 3.63) is 41.8 Å². The predicted molar refractivity (Wildman–Crippen MR) is 106 cm³/mol. The number of aliphatic hydroxyl groups is 1. The minimum atomic E-state index is -0.0946. The van der Waals surface area contributed by atoms with Crippen molar-refractivity contribution < 1.29 is 14.6 Å². The number of benzene rings is 1. The summed E-state index contributed by atoms with van der Waals surface area (Å²) in [6.07, 6.45) is 8.80. The van der Waals surface area contributed by atoms with E-state index in [1.54, 1.807) is 5.41 Å². The van der Waals surface area contributed by atoms with E-state index in [0.29, 0.717) is 6.61 Å². The highest BCUT2D eigenvalue weighted by molar-refractivity contribution is 8.02. The van der Waals surface area contributed by atoms with Gasteiger partial charge in [-0.1, -0.05) is 57.2 Å². The van der Waals surface area contributed by atoms with Gasteiger partial charge in [-0.3, -0.25) is 4.79 Å². The van der Waals surface area contributed by atoms with Crippen LogP contribution < -0.4 is 10.1 Å². The molecule has 0 spiro atoms. The molecule has 1 unspecified atom stereocenters. The fraction of sp³-hybridized carbons (Fsp3) is 0.550. The Kier molecular flexibility index (Phi) is 12.8. The molecule has 0 aliphatic carbocycles. The van der Waals surface area contributed by atoms with Crippen LogP contribution in [-0.4, -0.2) is 36.0 Å². The Morgan fingerprint density at radius 3 is 2.64 bits per heavy atom. The summed E-state index contributed by atoms with van der Waals surface area (Å²) < 4.78 is 5.62. The first-order chi connectivity index (χ1) is 12.3. The third-order valence-corrected chi connectivity index (χ3v) is 4.67. The summed E-state index contributed by atoms with van der Waals surface area (Å²) in [4.78, 5) is 11.7. The zero-order valence-electron chi connectivity index (χ0n) is 15.2. The van der Waals surface area contributed by atoms with E-state index in [4.69, 9.17) is 4.74 Å². The largest absolute Gasteiger partial charge is 0.492 e. The molecule has 0 aromatic heterocycles. The molecule has 0 heterocycles. The molecule has 25 heavy (non-hydrogen) atoms. The molecule has 140 valence electrons. The van der Waals surface area contributed by atoms with E-state index in [2.05, 4.69) is 12.2 Å². The van der Waals surface area contributed by atoms with Crippen molar-refractivity contribution in [2.45, 2.75) is 50.7 Å². The molecule has 0 saturated heterocycles. The third kappa shape index (κ3) is 11.7. The number of ether oxygens (including phenoxy) is 1. The number of aliphatic hydroxyl groups excluding tert-OH is 1. The van der Waals surface area contributed by atoms with Gasteiger partial charge in [-0.05, 0) is 24.0 Å². The van der Waals surface area contributed by atoms with Gasteiger partial charge in [0.05, 0.1) is 11.9 Å². The van der Waals surface area contributed by atoms with E-state index in [1.165, 1.54) is 49.9 Å². The predicted octanol–water partition coefficient (Wildman–Crippen LogP) is 4.15. The second kappa shape index (κ2) is 14.8. The van der Waals surface area contributed by atoms with Crippen molar-refractivity contribution in [3.63, 3.8) is 0 Å². The van der Waals surface area contributed by atoms with Crippen LogP contribution >= 0.6 is 11.8 Å². The lowest BCUT2D eigenvalue weighted by Gasteiger charge is -2.12. The Labute approximate surface area is 156 Å². The Bertz CT molecular complexity index is 479. The topological polar surface area (TPSA) is 58.6 Å². The summed E-state index contributed by atoms with van der Waals surface area (Å²) in [5, 5.41) is 13.9.